The van der Waals surface area contributed by atoms with Gasteiger partial charge in [0.1, 0.15) is 36.5 Å². The maximum atomic E-state index is 16.1. The van der Waals surface area contributed by atoms with Crippen LogP contribution in [-0.4, -0.2) is 137 Å². The monoisotopic (exact) mass is 1230 g/mol. The first kappa shape index (κ1) is 64.6. The average molecular weight is 1230 g/mol. The summed E-state index contributed by atoms with van der Waals surface area (Å²) in [6.45, 7) is 8.93. The van der Waals surface area contributed by atoms with Gasteiger partial charge in [-0.1, -0.05) is 76.4 Å². The van der Waals surface area contributed by atoms with Crippen LogP contribution in [-0.2, 0) is 39.8 Å². The van der Waals surface area contributed by atoms with Gasteiger partial charge in [-0.25, -0.2) is 9.37 Å². The predicted octanol–water partition coefficient (Wildman–Crippen LogP) is 6.39. The van der Waals surface area contributed by atoms with Gasteiger partial charge in [-0.2, -0.15) is 0 Å². The van der Waals surface area contributed by atoms with E-state index in [-0.39, 0.29) is 74.2 Å². The normalized spacial score (nSPS) is 20.1. The minimum absolute atomic E-state index is 0.0366. The van der Waals surface area contributed by atoms with Crippen LogP contribution >= 0.6 is 18.9 Å². The van der Waals surface area contributed by atoms with Crippen molar-refractivity contribution in [3.05, 3.63) is 106 Å². The topological polar surface area (TPSA) is 333 Å². The zero-order valence-electron chi connectivity index (χ0n) is 48.9. The standard InChI is InChI=1S/C61H77FN9O13PS/c1-34(36-18-20-38(21-19-36)53-35(2)64-33-86-53)65-57(77)48-30-43(72)31-70(48)59(79)54(61(3,4)5)69-51(74)17-8-6-7-12-37-13-11-16-49(52(37)62)84-32-41(23-27-50(63)73)66-56(76)47-26-24-42-14-9-10-15-45(58(78)71(42)47)68-55(75)46-29-40-28-39(22-25-44(40)67-46)60(80)85(81,82)83/h11,13,16,18-22,25,28-29,33-34,41-43,45,47-48,54,67,72H,6-10,12,14-15,17,23-24,26-27,30-32H2,1-5H3,(H2,63,73)(H,65,77)(H,66,76)(H,68,75)(H,69,74)(H2,81,82,83)/t34-,41-,42-,43+,45-,47-,48-,54+/m0/s1. The summed E-state index contributed by atoms with van der Waals surface area (Å²) in [5.74, 6) is -4.21. The molecule has 0 unspecified atom stereocenters. The lowest BCUT2D eigenvalue weighted by Crippen LogP contribution is -2.57. The molecule has 25 heteroatoms. The number of hydrogen-bond donors (Lipinski definition) is 9. The number of hydrogen-bond acceptors (Lipinski definition) is 13. The van der Waals surface area contributed by atoms with Crippen molar-refractivity contribution in [2.75, 3.05) is 13.2 Å². The number of aliphatic hydroxyl groups is 1. The molecule has 462 valence electrons. The number of unbranched alkanes of at least 4 members (excludes halogenated alkanes) is 2. The number of H-pyrrole nitrogens is 1. The molecule has 22 nitrogen and oxygen atoms in total. The van der Waals surface area contributed by atoms with Crippen LogP contribution < -0.4 is 31.7 Å². The Bertz CT molecular complexity index is 3380. The van der Waals surface area contributed by atoms with Gasteiger partial charge in [-0.05, 0) is 118 Å². The van der Waals surface area contributed by atoms with Gasteiger partial charge in [0.15, 0.2) is 11.6 Å². The van der Waals surface area contributed by atoms with Crippen LogP contribution in [0, 0.1) is 18.2 Å². The molecule has 8 rings (SSSR count). The Hall–Kier alpha value is -7.37. The van der Waals surface area contributed by atoms with Gasteiger partial charge in [-0.3, -0.25) is 42.9 Å². The number of aryl methyl sites for hydroxylation is 2. The van der Waals surface area contributed by atoms with Gasteiger partial charge in [0.2, 0.25) is 35.4 Å². The molecule has 5 aromatic rings. The summed E-state index contributed by atoms with van der Waals surface area (Å²) in [7, 11) is -5.06. The average Bonchev–Trinajstić information content (AvgIpc) is 2.72. The van der Waals surface area contributed by atoms with Crippen LogP contribution in [0.2, 0.25) is 0 Å². The van der Waals surface area contributed by atoms with Crippen molar-refractivity contribution < 1.29 is 66.9 Å². The summed E-state index contributed by atoms with van der Waals surface area (Å²) in [5.41, 5.74) is 8.56. The lowest BCUT2D eigenvalue weighted by molar-refractivity contribution is -0.144. The van der Waals surface area contributed by atoms with Crippen molar-refractivity contribution in [1.82, 2.24) is 41.0 Å². The number of amides is 7. The number of carbonyl (C=O) groups excluding carboxylic acids is 8. The number of likely N-dealkylation sites (tertiary alicyclic amines) is 1. The van der Waals surface area contributed by atoms with E-state index in [2.05, 4.69) is 31.2 Å². The third kappa shape index (κ3) is 16.0. The zero-order chi connectivity index (χ0) is 62.2. The number of nitrogens with two attached hydrogens (primary N) is 1. The number of benzene rings is 3. The number of nitrogens with one attached hydrogen (secondary N) is 5. The molecule has 2 aromatic heterocycles. The third-order valence-electron chi connectivity index (χ3n) is 16.3. The van der Waals surface area contributed by atoms with E-state index in [0.717, 1.165) is 28.1 Å². The van der Waals surface area contributed by atoms with Crippen molar-refractivity contribution in [3.8, 4) is 16.2 Å². The van der Waals surface area contributed by atoms with Crippen LogP contribution in [0.4, 0.5) is 4.39 Å². The quantitative estimate of drug-likeness (QED) is 0.0239. The zero-order valence-corrected chi connectivity index (χ0v) is 50.6. The SMILES string of the molecule is Cc1ncsc1-c1ccc([C@H](C)NC(=O)[C@@H]2C[C@@H](O)CN2C(=O)[C@@H](NC(=O)CCCCCc2cccc(OC[C@H](CCC(N)=O)NC(=O)[C@@H]3CC[C@@H]4CCCC[C@H](NC(=O)c5cc6cc(C(=O)P(=O)(O)O)ccc6[nH]5)C(=O)N43)c2F)C(C)(C)C)cc1. The highest BCUT2D eigenvalue weighted by Gasteiger charge is 2.46. The number of halogens is 1. The highest BCUT2D eigenvalue weighted by molar-refractivity contribution is 7.70. The van der Waals surface area contributed by atoms with E-state index >= 15 is 4.39 Å². The number of nitrogens with zero attached hydrogens (tertiary/aromatic N) is 3. The molecule has 0 bridgehead atoms. The maximum absolute atomic E-state index is 16.1. The third-order valence-corrected chi connectivity index (χ3v) is 18.1. The van der Waals surface area contributed by atoms with Crippen molar-refractivity contribution in [3.63, 3.8) is 0 Å². The number of fused-ring (bicyclic) bond motifs is 2. The van der Waals surface area contributed by atoms with E-state index in [0.29, 0.717) is 67.8 Å². The van der Waals surface area contributed by atoms with Crippen LogP contribution in [0.1, 0.15) is 155 Å². The molecule has 86 heavy (non-hydrogen) atoms. The van der Waals surface area contributed by atoms with Gasteiger partial charge in [0, 0.05) is 48.3 Å². The fourth-order valence-electron chi connectivity index (χ4n) is 11.6. The molecule has 3 aromatic carbocycles. The Kier molecular flexibility index (Phi) is 21.0. The Balaban J connectivity index is 0.816. The number of ether oxygens (including phenoxy) is 1. The second-order valence-corrected chi connectivity index (χ2v) is 26.2. The molecular formula is C61H77FN9O13PS. The summed E-state index contributed by atoms with van der Waals surface area (Å²) in [6, 6.07) is 12.4. The molecule has 8 atom stereocenters. The van der Waals surface area contributed by atoms with Crippen LogP contribution in [0.3, 0.4) is 0 Å². The first-order valence-corrected chi connectivity index (χ1v) is 31.7. The molecule has 3 aliphatic rings. The van der Waals surface area contributed by atoms with Crippen molar-refractivity contribution >= 4 is 76.7 Å². The molecule has 3 fully saturated rings. The van der Waals surface area contributed by atoms with Crippen LogP contribution in [0.5, 0.6) is 5.75 Å². The molecule has 0 spiro atoms. The van der Waals surface area contributed by atoms with Crippen LogP contribution in [0.15, 0.2) is 72.2 Å². The summed E-state index contributed by atoms with van der Waals surface area (Å²) in [5, 5.41) is 22.7. The number of aliphatic hydroxyl groups excluding tert-OH is 1. The summed E-state index contributed by atoms with van der Waals surface area (Å²) in [4.78, 5) is 138. The van der Waals surface area contributed by atoms with E-state index in [1.807, 2.05) is 58.9 Å². The number of thiazole rings is 1. The predicted molar refractivity (Wildman–Crippen MR) is 319 cm³/mol. The van der Waals surface area contributed by atoms with Crippen LogP contribution in [0.25, 0.3) is 21.3 Å². The molecule has 5 heterocycles. The lowest BCUT2D eigenvalue weighted by atomic mass is 9.85. The Morgan fingerprint density at radius 3 is 2.34 bits per heavy atom. The minimum atomic E-state index is -5.06. The van der Waals surface area contributed by atoms with Gasteiger partial charge < -0.3 is 61.4 Å². The number of rotatable bonds is 24. The van der Waals surface area contributed by atoms with E-state index in [4.69, 9.17) is 10.5 Å². The number of aromatic amines is 1. The number of aromatic nitrogens is 2. The van der Waals surface area contributed by atoms with Gasteiger partial charge in [-0.15, -0.1) is 11.3 Å². The van der Waals surface area contributed by atoms with E-state index in [9.17, 15) is 57.8 Å². The number of carbonyl (C=O) groups is 8. The lowest BCUT2D eigenvalue weighted by Gasteiger charge is -2.35. The molecule has 0 aliphatic carbocycles. The highest BCUT2D eigenvalue weighted by atomic mass is 32.1. The second kappa shape index (κ2) is 28.0. The maximum Gasteiger partial charge on any atom is 0.396 e. The highest BCUT2D eigenvalue weighted by Crippen LogP contribution is 2.40. The smallest absolute Gasteiger partial charge is 0.396 e. The summed E-state index contributed by atoms with van der Waals surface area (Å²) < 4.78 is 33.6. The summed E-state index contributed by atoms with van der Waals surface area (Å²) >= 11 is 1.55. The first-order chi connectivity index (χ1) is 40.8. The molecule has 0 radical (unpaired) electrons. The molecule has 10 N–H and O–H groups in total. The van der Waals surface area contributed by atoms with Crippen molar-refractivity contribution in [2.45, 2.75) is 173 Å². The Labute approximate surface area is 502 Å². The Morgan fingerprint density at radius 2 is 1.64 bits per heavy atom. The van der Waals surface area contributed by atoms with Crippen molar-refractivity contribution in [1.29, 1.82) is 0 Å². The molecule has 3 aliphatic heterocycles. The second-order valence-electron chi connectivity index (χ2n) is 23.8. The molecule has 3 saturated heterocycles. The van der Waals surface area contributed by atoms with Gasteiger partial charge in [0.25, 0.3) is 11.4 Å². The largest absolute Gasteiger partial charge is 0.488 e. The van der Waals surface area contributed by atoms with Crippen molar-refractivity contribution in [2.24, 2.45) is 11.1 Å². The van der Waals surface area contributed by atoms with Gasteiger partial charge >= 0.3 is 7.60 Å². The van der Waals surface area contributed by atoms with E-state index in [1.165, 1.54) is 40.1 Å². The number of β-amino-alcohol motifs (C(OH)–C–C–N with tert-alkyl or cyclic N) is 1. The fraction of sp³-hybridized carbons (Fsp3) is 0.492. The first-order valence-electron chi connectivity index (χ1n) is 29.2. The molecule has 7 amide bonds. The molecule has 0 saturated carbocycles. The minimum Gasteiger partial charge on any atom is -0.488 e. The Morgan fingerprint density at radius 1 is 0.907 bits per heavy atom. The van der Waals surface area contributed by atoms with E-state index in [1.54, 1.807) is 29.0 Å². The van der Waals surface area contributed by atoms with E-state index < -0.39 is 102 Å². The fourth-order valence-corrected chi connectivity index (χ4v) is 12.9. The van der Waals surface area contributed by atoms with Gasteiger partial charge in [0.05, 0.1) is 34.3 Å². The summed E-state index contributed by atoms with van der Waals surface area (Å²) in [6.07, 6.45) is 3.98. The number of primary amides is 1. The molecular weight excluding hydrogens is 1150 g/mol.